The molecule has 1 saturated heterocycles. The van der Waals surface area contributed by atoms with Crippen molar-refractivity contribution in [1.82, 2.24) is 23.7 Å². The van der Waals surface area contributed by atoms with Crippen LogP contribution in [-0.2, 0) is 14.8 Å². The number of piperazine rings is 1. The van der Waals surface area contributed by atoms with Crippen LogP contribution in [0, 0.1) is 0 Å². The van der Waals surface area contributed by atoms with E-state index in [4.69, 9.17) is 5.73 Å². The third-order valence-corrected chi connectivity index (χ3v) is 9.17. The number of anilines is 1. The number of nitrogens with zero attached hydrogens (tertiary/aromatic N) is 5. The molecule has 2 N–H and O–H groups in total. The minimum Gasteiger partial charge on any atom is -0.384 e. The second kappa shape index (κ2) is 9.85. The quantitative estimate of drug-likeness (QED) is 0.338. The molecule has 0 spiro atoms. The molecule has 202 valence electrons. The summed E-state index contributed by atoms with van der Waals surface area (Å²) in [7, 11) is -3.75. The van der Waals surface area contributed by atoms with Crippen molar-refractivity contribution in [3.8, 4) is 16.8 Å². The monoisotopic (exact) mass is 554 g/mol. The Balaban J connectivity index is 1.43. The number of carbonyl (C=O) groups excluding carboxylic acids is 1. The Labute approximate surface area is 230 Å². The van der Waals surface area contributed by atoms with E-state index < -0.39 is 10.0 Å². The maximum Gasteiger partial charge on any atom is 0.255 e. The fraction of sp³-hybridized carbons (Fsp3) is 0.172. The van der Waals surface area contributed by atoms with Gasteiger partial charge in [0.2, 0.25) is 15.9 Å². The van der Waals surface area contributed by atoms with E-state index >= 15 is 0 Å². The zero-order valence-electron chi connectivity index (χ0n) is 21.7. The van der Waals surface area contributed by atoms with E-state index in [1.54, 1.807) is 46.1 Å². The Kier molecular flexibility index (Phi) is 6.32. The predicted octanol–water partition coefficient (Wildman–Crippen LogP) is 3.04. The SMILES string of the molecule is CC(=O)N1CCN(S(=O)(=O)c2ccc(-n3c(=O)ccc4cnc5ccc(-c6ccc(N)nc6)cc5c43)cc2)CC1. The van der Waals surface area contributed by atoms with Crippen LogP contribution in [0.1, 0.15) is 6.92 Å². The lowest BCUT2D eigenvalue weighted by Crippen LogP contribution is -2.49. The van der Waals surface area contributed by atoms with Gasteiger partial charge >= 0.3 is 0 Å². The molecular weight excluding hydrogens is 528 g/mol. The summed E-state index contributed by atoms with van der Waals surface area (Å²) < 4.78 is 29.5. The summed E-state index contributed by atoms with van der Waals surface area (Å²) >= 11 is 0. The lowest BCUT2D eigenvalue weighted by atomic mass is 10.0. The fourth-order valence-corrected chi connectivity index (χ4v) is 6.51. The summed E-state index contributed by atoms with van der Waals surface area (Å²) in [4.78, 5) is 35.4. The lowest BCUT2D eigenvalue weighted by molar-refractivity contribution is -0.129. The first-order valence-corrected chi connectivity index (χ1v) is 14.2. The van der Waals surface area contributed by atoms with Crippen molar-refractivity contribution >= 4 is 43.6 Å². The highest BCUT2D eigenvalue weighted by molar-refractivity contribution is 7.89. The number of nitrogens with two attached hydrogens (primary N) is 1. The van der Waals surface area contributed by atoms with Crippen LogP contribution in [0.3, 0.4) is 0 Å². The number of nitrogen functional groups attached to an aromatic ring is 1. The molecule has 5 aromatic rings. The third kappa shape index (κ3) is 4.48. The Hall–Kier alpha value is -4.61. The molecule has 0 atom stereocenters. The number of hydrogen-bond donors (Lipinski definition) is 1. The highest BCUT2D eigenvalue weighted by Crippen LogP contribution is 2.30. The molecular formula is C29H26N6O4S. The minimum atomic E-state index is -3.75. The summed E-state index contributed by atoms with van der Waals surface area (Å²) in [6.45, 7) is 2.66. The topological polar surface area (TPSA) is 131 Å². The van der Waals surface area contributed by atoms with Crippen LogP contribution in [0.5, 0.6) is 0 Å². The van der Waals surface area contributed by atoms with Crippen molar-refractivity contribution in [1.29, 1.82) is 0 Å². The van der Waals surface area contributed by atoms with Crippen LogP contribution in [0.25, 0.3) is 38.6 Å². The molecule has 0 unspecified atom stereocenters. The number of carbonyl (C=O) groups is 1. The first-order valence-electron chi connectivity index (χ1n) is 12.7. The van der Waals surface area contributed by atoms with Crippen LogP contribution >= 0.6 is 0 Å². The van der Waals surface area contributed by atoms with E-state index in [2.05, 4.69) is 9.97 Å². The minimum absolute atomic E-state index is 0.0677. The van der Waals surface area contributed by atoms with Crippen molar-refractivity contribution in [2.45, 2.75) is 11.8 Å². The van der Waals surface area contributed by atoms with Gasteiger partial charge in [0.25, 0.3) is 5.56 Å². The number of sulfonamides is 1. The van der Waals surface area contributed by atoms with Gasteiger partial charge in [-0.3, -0.25) is 19.1 Å². The molecule has 2 aromatic carbocycles. The van der Waals surface area contributed by atoms with Gasteiger partial charge in [-0.05, 0) is 60.2 Å². The van der Waals surface area contributed by atoms with Crippen LogP contribution < -0.4 is 11.3 Å². The molecule has 6 rings (SSSR count). The van der Waals surface area contributed by atoms with E-state index in [9.17, 15) is 18.0 Å². The number of benzene rings is 2. The van der Waals surface area contributed by atoms with Crippen molar-refractivity contribution in [2.75, 3.05) is 31.9 Å². The maximum atomic E-state index is 13.3. The van der Waals surface area contributed by atoms with Gasteiger partial charge < -0.3 is 10.6 Å². The Bertz CT molecular complexity index is 1930. The summed E-state index contributed by atoms with van der Waals surface area (Å²) in [5.41, 5.74) is 9.17. The molecule has 10 nitrogen and oxygen atoms in total. The lowest BCUT2D eigenvalue weighted by Gasteiger charge is -2.33. The molecule has 0 aliphatic carbocycles. The fourth-order valence-electron chi connectivity index (χ4n) is 5.08. The highest BCUT2D eigenvalue weighted by Gasteiger charge is 2.29. The molecule has 1 fully saturated rings. The van der Waals surface area contributed by atoms with Gasteiger partial charge in [-0.15, -0.1) is 0 Å². The van der Waals surface area contributed by atoms with Crippen molar-refractivity contribution in [2.24, 2.45) is 0 Å². The number of pyridine rings is 3. The van der Waals surface area contributed by atoms with Crippen molar-refractivity contribution in [3.05, 3.63) is 89.5 Å². The third-order valence-electron chi connectivity index (χ3n) is 7.25. The number of aromatic nitrogens is 3. The molecule has 11 heteroatoms. The number of fused-ring (bicyclic) bond motifs is 3. The van der Waals surface area contributed by atoms with E-state index in [0.717, 1.165) is 21.9 Å². The normalized spacial score (nSPS) is 14.6. The Morgan fingerprint density at radius 1 is 0.850 bits per heavy atom. The van der Waals surface area contributed by atoms with E-state index in [0.29, 0.717) is 35.6 Å². The van der Waals surface area contributed by atoms with Gasteiger partial charge in [-0.2, -0.15) is 4.31 Å². The average molecular weight is 555 g/mol. The Morgan fingerprint density at radius 3 is 2.25 bits per heavy atom. The second-order valence-electron chi connectivity index (χ2n) is 9.68. The van der Waals surface area contributed by atoms with Crippen molar-refractivity contribution < 1.29 is 13.2 Å². The number of amides is 1. The second-order valence-corrected chi connectivity index (χ2v) is 11.6. The van der Waals surface area contributed by atoms with Gasteiger partial charge in [0, 0.05) is 73.6 Å². The Morgan fingerprint density at radius 2 is 1.57 bits per heavy atom. The van der Waals surface area contributed by atoms with Gasteiger partial charge in [0.05, 0.1) is 15.9 Å². The summed E-state index contributed by atoms with van der Waals surface area (Å²) in [5, 5.41) is 1.53. The standard InChI is InChI=1S/C29H26N6O4S/c1-19(36)33-12-14-34(15-13-33)40(38,39)24-7-5-23(6-8-24)35-28(37)11-4-22-18-31-26-9-2-20(16-25(26)29(22)35)21-3-10-27(30)32-17-21/h2-11,16-18H,12-15H2,1H3,(H2,30,32). The zero-order chi connectivity index (χ0) is 28.0. The van der Waals surface area contributed by atoms with E-state index in [1.807, 2.05) is 24.3 Å². The predicted molar refractivity (Wildman–Crippen MR) is 154 cm³/mol. The van der Waals surface area contributed by atoms with E-state index in [-0.39, 0.29) is 29.5 Å². The van der Waals surface area contributed by atoms with Crippen LogP contribution in [0.2, 0.25) is 0 Å². The van der Waals surface area contributed by atoms with Gasteiger partial charge in [-0.25, -0.2) is 13.4 Å². The first-order chi connectivity index (χ1) is 19.2. The molecule has 4 heterocycles. The van der Waals surface area contributed by atoms with Gasteiger partial charge in [-0.1, -0.05) is 6.07 Å². The molecule has 1 amide bonds. The van der Waals surface area contributed by atoms with Crippen molar-refractivity contribution in [3.63, 3.8) is 0 Å². The maximum absolute atomic E-state index is 13.3. The summed E-state index contributed by atoms with van der Waals surface area (Å²) in [6.07, 6.45) is 3.42. The number of rotatable bonds is 4. The van der Waals surface area contributed by atoms with Crippen LogP contribution in [0.4, 0.5) is 5.82 Å². The molecule has 0 bridgehead atoms. The summed E-state index contributed by atoms with van der Waals surface area (Å²) in [6, 6.07) is 18.9. The van der Waals surface area contributed by atoms with Crippen LogP contribution in [-0.4, -0.2) is 64.2 Å². The molecule has 0 radical (unpaired) electrons. The summed E-state index contributed by atoms with van der Waals surface area (Å²) in [5.74, 6) is 0.358. The molecule has 40 heavy (non-hydrogen) atoms. The van der Waals surface area contributed by atoms with Gasteiger partial charge in [0.1, 0.15) is 5.82 Å². The van der Waals surface area contributed by atoms with E-state index in [1.165, 1.54) is 29.4 Å². The smallest absolute Gasteiger partial charge is 0.255 e. The molecule has 1 aliphatic rings. The molecule has 1 aliphatic heterocycles. The molecule has 0 saturated carbocycles. The zero-order valence-corrected chi connectivity index (χ0v) is 22.5. The van der Waals surface area contributed by atoms with Gasteiger partial charge in [0.15, 0.2) is 0 Å². The number of hydrogen-bond acceptors (Lipinski definition) is 7. The largest absolute Gasteiger partial charge is 0.384 e. The average Bonchev–Trinajstić information content (AvgIpc) is 2.97. The highest BCUT2D eigenvalue weighted by atomic mass is 32.2. The van der Waals surface area contributed by atoms with Crippen LogP contribution in [0.15, 0.2) is 88.8 Å². The molecule has 3 aromatic heterocycles. The first kappa shape index (κ1) is 25.7.